The van der Waals surface area contributed by atoms with Crippen LogP contribution < -0.4 is 9.47 Å². The van der Waals surface area contributed by atoms with Crippen molar-refractivity contribution >= 4 is 5.57 Å². The molecule has 4 nitrogen and oxygen atoms in total. The lowest BCUT2D eigenvalue weighted by Crippen LogP contribution is -2.23. The summed E-state index contributed by atoms with van der Waals surface area (Å²) in [5, 5.41) is 0. The summed E-state index contributed by atoms with van der Waals surface area (Å²) < 4.78 is 23.1. The minimum Gasteiger partial charge on any atom is -0.491 e. The molecule has 0 aromatic heterocycles. The number of epoxide rings is 2. The summed E-state index contributed by atoms with van der Waals surface area (Å²) in [5.41, 5.74) is 4.14. The maximum Gasteiger partial charge on any atom is 0.127 e. The van der Waals surface area contributed by atoms with Crippen LogP contribution in [0.25, 0.3) is 5.57 Å². The fourth-order valence-electron chi connectivity index (χ4n) is 5.07. The highest BCUT2D eigenvalue weighted by atomic mass is 16.6. The lowest BCUT2D eigenvalue weighted by Gasteiger charge is -2.23. The number of benzene rings is 2. The zero-order valence-corrected chi connectivity index (χ0v) is 21.1. The van der Waals surface area contributed by atoms with Crippen molar-refractivity contribution < 1.29 is 18.9 Å². The Bertz CT molecular complexity index is 958. The normalized spacial score (nSPS) is 23.9. The molecule has 0 bridgehead atoms. The van der Waals surface area contributed by atoms with E-state index in [0.29, 0.717) is 18.6 Å². The fraction of sp³-hybridized carbons (Fsp3) is 0.548. The topological polar surface area (TPSA) is 43.5 Å². The molecule has 2 aromatic rings. The highest BCUT2D eigenvalue weighted by Crippen LogP contribution is 2.37. The summed E-state index contributed by atoms with van der Waals surface area (Å²) in [6.45, 7) is 4.59. The molecular weight excluding hydrogens is 436 g/mol. The van der Waals surface area contributed by atoms with Gasteiger partial charge in [-0.1, -0.05) is 62.9 Å². The molecule has 2 fully saturated rings. The maximum absolute atomic E-state index is 6.44. The Labute approximate surface area is 210 Å². The van der Waals surface area contributed by atoms with Crippen molar-refractivity contribution in [3.8, 4) is 11.5 Å². The summed E-state index contributed by atoms with van der Waals surface area (Å²) in [4.78, 5) is 0. The molecule has 0 amide bonds. The molecule has 0 spiro atoms. The van der Waals surface area contributed by atoms with Crippen LogP contribution in [-0.4, -0.2) is 38.1 Å². The lowest BCUT2D eigenvalue weighted by atomic mass is 9.82. The van der Waals surface area contributed by atoms with Gasteiger partial charge in [0.1, 0.15) is 36.4 Å². The van der Waals surface area contributed by atoms with Crippen molar-refractivity contribution in [1.82, 2.24) is 0 Å². The lowest BCUT2D eigenvalue weighted by molar-refractivity contribution is 0.147. The molecule has 2 heterocycles. The number of allylic oxidation sites excluding steroid dienone is 2. The minimum atomic E-state index is 0.181. The van der Waals surface area contributed by atoms with Crippen molar-refractivity contribution in [2.45, 2.75) is 88.9 Å². The van der Waals surface area contributed by atoms with Gasteiger partial charge >= 0.3 is 0 Å². The molecule has 2 aromatic carbocycles. The van der Waals surface area contributed by atoms with Gasteiger partial charge in [0, 0.05) is 0 Å². The summed E-state index contributed by atoms with van der Waals surface area (Å²) in [6, 6.07) is 17.3. The first-order valence-electron chi connectivity index (χ1n) is 13.7. The first kappa shape index (κ1) is 24.4. The second-order valence-corrected chi connectivity index (χ2v) is 10.3. The highest BCUT2D eigenvalue weighted by Gasteiger charge is 2.34. The van der Waals surface area contributed by atoms with E-state index in [2.05, 4.69) is 61.5 Å². The Morgan fingerprint density at radius 2 is 1.77 bits per heavy atom. The van der Waals surface area contributed by atoms with Crippen molar-refractivity contribution in [1.29, 1.82) is 0 Å². The van der Waals surface area contributed by atoms with E-state index in [4.69, 9.17) is 18.9 Å². The predicted octanol–water partition coefficient (Wildman–Crippen LogP) is 7.32. The fourth-order valence-corrected chi connectivity index (χ4v) is 5.07. The van der Waals surface area contributed by atoms with Gasteiger partial charge in [0.2, 0.25) is 0 Å². The van der Waals surface area contributed by atoms with E-state index in [0.717, 1.165) is 44.0 Å². The van der Waals surface area contributed by atoms with Crippen LogP contribution in [0.2, 0.25) is 0 Å². The average Bonchev–Trinajstić information content (AvgIpc) is 3.82. The van der Waals surface area contributed by atoms with Gasteiger partial charge in [0.05, 0.1) is 13.2 Å². The Balaban J connectivity index is 1.14. The Kier molecular flexibility index (Phi) is 8.43. The van der Waals surface area contributed by atoms with Gasteiger partial charge in [-0.2, -0.15) is 0 Å². The monoisotopic (exact) mass is 476 g/mol. The van der Waals surface area contributed by atoms with Gasteiger partial charge in [0.25, 0.3) is 0 Å². The highest BCUT2D eigenvalue weighted by molar-refractivity contribution is 5.67. The predicted molar refractivity (Wildman–Crippen MR) is 140 cm³/mol. The van der Waals surface area contributed by atoms with Crippen LogP contribution in [-0.2, 0) is 9.47 Å². The number of ether oxygens (including phenoxy) is 4. The third-order valence-corrected chi connectivity index (χ3v) is 7.46. The van der Waals surface area contributed by atoms with Crippen LogP contribution in [0.3, 0.4) is 0 Å². The van der Waals surface area contributed by atoms with Crippen LogP contribution in [0.15, 0.2) is 54.6 Å². The summed E-state index contributed by atoms with van der Waals surface area (Å²) >= 11 is 0. The van der Waals surface area contributed by atoms with Crippen LogP contribution in [0.4, 0.5) is 0 Å². The quantitative estimate of drug-likeness (QED) is 0.212. The van der Waals surface area contributed by atoms with Crippen LogP contribution in [0.5, 0.6) is 11.5 Å². The van der Waals surface area contributed by atoms with Gasteiger partial charge in [-0.3, -0.25) is 0 Å². The van der Waals surface area contributed by atoms with E-state index in [1.54, 1.807) is 0 Å². The van der Waals surface area contributed by atoms with Gasteiger partial charge in [-0.05, 0) is 79.0 Å². The molecule has 0 saturated carbocycles. The first-order valence-corrected chi connectivity index (χ1v) is 13.7. The zero-order valence-electron chi connectivity index (χ0n) is 21.1. The molecule has 0 radical (unpaired) electrons. The molecule has 4 unspecified atom stereocenters. The van der Waals surface area contributed by atoms with Crippen LogP contribution in [0.1, 0.15) is 81.8 Å². The van der Waals surface area contributed by atoms with E-state index >= 15 is 0 Å². The summed E-state index contributed by atoms with van der Waals surface area (Å²) in [7, 11) is 0. The van der Waals surface area contributed by atoms with E-state index < -0.39 is 0 Å². The molecule has 4 atom stereocenters. The van der Waals surface area contributed by atoms with Crippen molar-refractivity contribution in [2.75, 3.05) is 19.8 Å². The standard InChI is InChI=1S/C31H40O4/c1-2-3-4-5-6-10-30(31-22-34-31)35-28-9-7-8-26(19-28)25-13-11-23(12-14-25)24-15-17-27(18-16-24)32-20-29-21-33-29/h7-9,13,15-19,23,29-31H,2-6,10-12,14,20-22H2,1H3. The third-order valence-electron chi connectivity index (χ3n) is 7.46. The Hall–Kier alpha value is -2.30. The Morgan fingerprint density at radius 1 is 0.943 bits per heavy atom. The van der Waals surface area contributed by atoms with Gasteiger partial charge in [0.15, 0.2) is 0 Å². The van der Waals surface area contributed by atoms with Crippen molar-refractivity contribution in [3.05, 3.63) is 65.7 Å². The Morgan fingerprint density at radius 3 is 2.49 bits per heavy atom. The van der Waals surface area contributed by atoms with Gasteiger partial charge in [-0.25, -0.2) is 0 Å². The van der Waals surface area contributed by atoms with Gasteiger partial charge in [-0.15, -0.1) is 0 Å². The molecule has 2 aliphatic heterocycles. The maximum atomic E-state index is 6.44. The van der Waals surface area contributed by atoms with Crippen LogP contribution in [0, 0.1) is 0 Å². The molecule has 2 saturated heterocycles. The number of hydrogen-bond acceptors (Lipinski definition) is 4. The van der Waals surface area contributed by atoms with Crippen molar-refractivity contribution in [3.63, 3.8) is 0 Å². The molecule has 3 aliphatic rings. The van der Waals surface area contributed by atoms with Crippen molar-refractivity contribution in [2.24, 2.45) is 0 Å². The van der Waals surface area contributed by atoms with E-state index in [1.165, 1.54) is 55.2 Å². The number of hydrogen-bond donors (Lipinski definition) is 0. The second-order valence-electron chi connectivity index (χ2n) is 10.3. The zero-order chi connectivity index (χ0) is 23.9. The van der Waals surface area contributed by atoms with Gasteiger partial charge < -0.3 is 18.9 Å². The third kappa shape index (κ3) is 7.35. The molecule has 5 rings (SSSR count). The summed E-state index contributed by atoms with van der Waals surface area (Å²) in [5.74, 6) is 2.49. The number of rotatable bonds is 14. The SMILES string of the molecule is CCCCCCCC(Oc1cccc(C2=CCC(c3ccc(OCC4CO4)cc3)CC2)c1)C1CO1. The van der Waals surface area contributed by atoms with E-state index in [9.17, 15) is 0 Å². The summed E-state index contributed by atoms with van der Waals surface area (Å²) in [6.07, 6.45) is 14.1. The van der Waals surface area contributed by atoms with E-state index in [1.807, 2.05) is 0 Å². The molecule has 188 valence electrons. The average molecular weight is 477 g/mol. The second kappa shape index (κ2) is 12.1. The molecular formula is C31H40O4. The molecule has 35 heavy (non-hydrogen) atoms. The number of unbranched alkanes of at least 4 members (excludes halogenated alkanes) is 4. The first-order chi connectivity index (χ1) is 17.3. The van der Waals surface area contributed by atoms with E-state index in [-0.39, 0.29) is 12.2 Å². The molecule has 1 aliphatic carbocycles. The largest absolute Gasteiger partial charge is 0.491 e. The molecule has 0 N–H and O–H groups in total. The smallest absolute Gasteiger partial charge is 0.127 e. The van der Waals surface area contributed by atoms with Crippen LogP contribution >= 0.6 is 0 Å². The minimum absolute atomic E-state index is 0.181. The molecule has 4 heteroatoms.